The van der Waals surface area contributed by atoms with Gasteiger partial charge < -0.3 is 15.5 Å². The summed E-state index contributed by atoms with van der Waals surface area (Å²) in [4.78, 5) is 22.1. The minimum atomic E-state index is 0. The Morgan fingerprint density at radius 3 is 2.63 bits per heavy atom. The van der Waals surface area contributed by atoms with Crippen molar-refractivity contribution in [3.05, 3.63) is 21.9 Å². The van der Waals surface area contributed by atoms with Crippen LogP contribution in [0.2, 0.25) is 0 Å². The first-order valence-electron chi connectivity index (χ1n) is 10.1. The summed E-state index contributed by atoms with van der Waals surface area (Å²) in [5.74, 6) is 1.51. The molecular formula is C20H33IN4OS. The van der Waals surface area contributed by atoms with Crippen LogP contribution in [-0.4, -0.2) is 42.4 Å². The minimum absolute atomic E-state index is 0. The van der Waals surface area contributed by atoms with Gasteiger partial charge in [0.25, 0.3) is 0 Å². The Hall–Kier alpha value is -0.830. The Morgan fingerprint density at radius 1 is 1.22 bits per heavy atom. The lowest BCUT2D eigenvalue weighted by Gasteiger charge is -2.21. The van der Waals surface area contributed by atoms with Gasteiger partial charge in [-0.2, -0.15) is 0 Å². The molecule has 1 unspecified atom stereocenters. The lowest BCUT2D eigenvalue weighted by atomic mass is 10.1. The van der Waals surface area contributed by atoms with E-state index >= 15 is 0 Å². The van der Waals surface area contributed by atoms with Crippen LogP contribution < -0.4 is 10.6 Å². The quantitative estimate of drug-likeness (QED) is 0.352. The highest BCUT2D eigenvalue weighted by Gasteiger charge is 2.32. The second kappa shape index (κ2) is 11.2. The number of halogens is 1. The number of hydrogen-bond acceptors (Lipinski definition) is 3. The van der Waals surface area contributed by atoms with Gasteiger partial charge in [0, 0.05) is 41.3 Å². The third-order valence-corrected chi connectivity index (χ3v) is 6.56. The minimum Gasteiger partial charge on any atom is -0.357 e. The molecule has 1 aromatic rings. The number of aryl methyl sites for hydroxylation is 1. The van der Waals surface area contributed by atoms with E-state index in [2.05, 4.69) is 41.5 Å². The van der Waals surface area contributed by atoms with Crippen molar-refractivity contribution >= 4 is 47.2 Å². The summed E-state index contributed by atoms with van der Waals surface area (Å²) in [7, 11) is 0. The summed E-state index contributed by atoms with van der Waals surface area (Å²) in [5.41, 5.74) is 0. The van der Waals surface area contributed by atoms with Crippen LogP contribution in [0, 0.1) is 5.92 Å². The number of hydrogen-bond donors (Lipinski definition) is 2. The number of thiophene rings is 1. The van der Waals surface area contributed by atoms with E-state index in [-0.39, 0.29) is 29.9 Å². The fourth-order valence-electron chi connectivity index (χ4n) is 3.88. The monoisotopic (exact) mass is 504 g/mol. The van der Waals surface area contributed by atoms with Gasteiger partial charge >= 0.3 is 0 Å². The topological polar surface area (TPSA) is 56.7 Å². The average Bonchev–Trinajstić information content (AvgIpc) is 3.40. The van der Waals surface area contributed by atoms with Gasteiger partial charge in [-0.3, -0.25) is 4.79 Å². The van der Waals surface area contributed by atoms with Gasteiger partial charge in [-0.1, -0.05) is 19.8 Å². The van der Waals surface area contributed by atoms with Crippen LogP contribution in [0.1, 0.15) is 55.7 Å². The van der Waals surface area contributed by atoms with E-state index in [0.717, 1.165) is 51.3 Å². The van der Waals surface area contributed by atoms with E-state index in [0.29, 0.717) is 18.5 Å². The Labute approximate surface area is 184 Å². The number of nitrogens with zero attached hydrogens (tertiary/aromatic N) is 2. The van der Waals surface area contributed by atoms with Crippen molar-refractivity contribution in [2.24, 2.45) is 10.9 Å². The number of guanidine groups is 1. The molecule has 1 saturated carbocycles. The van der Waals surface area contributed by atoms with Gasteiger partial charge in [0.05, 0.1) is 6.54 Å². The van der Waals surface area contributed by atoms with Crippen LogP contribution in [0.15, 0.2) is 17.1 Å². The van der Waals surface area contributed by atoms with Crippen molar-refractivity contribution < 1.29 is 4.79 Å². The van der Waals surface area contributed by atoms with Crippen molar-refractivity contribution in [1.82, 2.24) is 15.5 Å². The van der Waals surface area contributed by atoms with Crippen molar-refractivity contribution in [2.45, 2.75) is 65.0 Å². The van der Waals surface area contributed by atoms with Crippen LogP contribution in [0.25, 0.3) is 0 Å². The molecule has 7 heteroatoms. The molecule has 1 amide bonds. The van der Waals surface area contributed by atoms with E-state index in [1.165, 1.54) is 22.6 Å². The zero-order chi connectivity index (χ0) is 18.4. The van der Waals surface area contributed by atoms with Crippen molar-refractivity contribution in [3.8, 4) is 0 Å². The lowest BCUT2D eigenvalue weighted by molar-refractivity contribution is -0.134. The molecule has 1 aliphatic heterocycles. The van der Waals surface area contributed by atoms with E-state index < -0.39 is 0 Å². The molecule has 3 rings (SSSR count). The smallest absolute Gasteiger partial charge is 0.225 e. The van der Waals surface area contributed by atoms with E-state index in [1.54, 1.807) is 0 Å². The lowest BCUT2D eigenvalue weighted by Crippen LogP contribution is -2.45. The summed E-state index contributed by atoms with van der Waals surface area (Å²) < 4.78 is 0. The zero-order valence-electron chi connectivity index (χ0n) is 16.5. The zero-order valence-corrected chi connectivity index (χ0v) is 19.6. The molecule has 0 spiro atoms. The number of nitrogens with one attached hydrogen (secondary N) is 2. The molecule has 0 bridgehead atoms. The molecule has 2 fully saturated rings. The summed E-state index contributed by atoms with van der Waals surface area (Å²) in [6, 6.07) is 4.67. The fraction of sp³-hybridized carbons (Fsp3) is 0.700. The molecule has 5 nitrogen and oxygen atoms in total. The molecule has 2 heterocycles. The summed E-state index contributed by atoms with van der Waals surface area (Å²) in [5, 5.41) is 6.87. The molecule has 0 radical (unpaired) electrons. The van der Waals surface area contributed by atoms with Crippen LogP contribution in [0.5, 0.6) is 0 Å². The molecule has 27 heavy (non-hydrogen) atoms. The first kappa shape index (κ1) is 22.5. The van der Waals surface area contributed by atoms with E-state index in [4.69, 9.17) is 4.99 Å². The van der Waals surface area contributed by atoms with Gasteiger partial charge in [-0.15, -0.1) is 35.3 Å². The molecule has 2 N–H and O–H groups in total. The standard InChI is InChI=1S/C20H32N4OS.HI/c1-3-17-9-10-18(26-17)13-22-20(21-4-2)23-16-11-12-24(14-16)19(25)15-7-5-6-8-15;/h9-10,15-16H,3-8,11-14H2,1-2H3,(H2,21,22,23);1H. The fourth-order valence-corrected chi connectivity index (χ4v) is 4.76. The predicted octanol–water partition coefficient (Wildman–Crippen LogP) is 3.77. The molecule has 1 saturated heterocycles. The summed E-state index contributed by atoms with van der Waals surface area (Å²) in [6.45, 7) is 7.49. The number of likely N-dealkylation sites (tertiary alicyclic amines) is 1. The number of aliphatic imine (C=N–C) groups is 1. The highest BCUT2D eigenvalue weighted by atomic mass is 127. The molecule has 1 atom stereocenters. The Bertz CT molecular complexity index is 627. The number of carbonyl (C=O) groups excluding carboxylic acids is 1. The largest absolute Gasteiger partial charge is 0.357 e. The third kappa shape index (κ3) is 6.34. The molecule has 2 aliphatic rings. The number of carbonyl (C=O) groups is 1. The molecule has 1 aliphatic carbocycles. The van der Waals surface area contributed by atoms with Gasteiger partial charge in [0.1, 0.15) is 0 Å². The highest BCUT2D eigenvalue weighted by Crippen LogP contribution is 2.27. The van der Waals surface area contributed by atoms with E-state index in [9.17, 15) is 4.79 Å². The van der Waals surface area contributed by atoms with Crippen LogP contribution in [0.3, 0.4) is 0 Å². The maximum absolute atomic E-state index is 12.6. The summed E-state index contributed by atoms with van der Waals surface area (Å²) in [6.07, 6.45) is 6.68. The van der Waals surface area contributed by atoms with Gasteiger partial charge in [0.15, 0.2) is 5.96 Å². The molecule has 1 aromatic heterocycles. The molecular weight excluding hydrogens is 471 g/mol. The molecule has 0 aromatic carbocycles. The number of amides is 1. The first-order valence-corrected chi connectivity index (χ1v) is 10.9. The maximum atomic E-state index is 12.6. The Kier molecular flexibility index (Phi) is 9.35. The predicted molar refractivity (Wildman–Crippen MR) is 124 cm³/mol. The third-order valence-electron chi connectivity index (χ3n) is 5.35. The van der Waals surface area contributed by atoms with Crippen molar-refractivity contribution in [1.29, 1.82) is 0 Å². The van der Waals surface area contributed by atoms with Crippen molar-refractivity contribution in [3.63, 3.8) is 0 Å². The van der Waals surface area contributed by atoms with Gasteiger partial charge in [-0.05, 0) is 44.7 Å². The first-order chi connectivity index (χ1) is 12.7. The van der Waals surface area contributed by atoms with Crippen LogP contribution >= 0.6 is 35.3 Å². The average molecular weight is 504 g/mol. The summed E-state index contributed by atoms with van der Waals surface area (Å²) >= 11 is 1.84. The Balaban J connectivity index is 0.00000261. The van der Waals surface area contributed by atoms with Crippen LogP contribution in [0.4, 0.5) is 0 Å². The molecule has 152 valence electrons. The second-order valence-corrected chi connectivity index (χ2v) is 8.57. The van der Waals surface area contributed by atoms with Crippen molar-refractivity contribution in [2.75, 3.05) is 19.6 Å². The highest BCUT2D eigenvalue weighted by molar-refractivity contribution is 14.0. The number of rotatable bonds is 6. The maximum Gasteiger partial charge on any atom is 0.225 e. The van der Waals surface area contributed by atoms with Crippen LogP contribution in [-0.2, 0) is 17.8 Å². The second-order valence-electron chi connectivity index (χ2n) is 7.31. The Morgan fingerprint density at radius 2 is 1.96 bits per heavy atom. The van der Waals surface area contributed by atoms with E-state index in [1.807, 2.05) is 11.3 Å². The van der Waals surface area contributed by atoms with Gasteiger partial charge in [-0.25, -0.2) is 4.99 Å². The normalized spacial score (nSPS) is 20.6. The van der Waals surface area contributed by atoms with Gasteiger partial charge in [0.2, 0.25) is 5.91 Å². The SMILES string of the molecule is CCNC(=NCc1ccc(CC)s1)NC1CCN(C(=O)C2CCCC2)C1.I.